The van der Waals surface area contributed by atoms with Crippen LogP contribution in [0.1, 0.15) is 0 Å². The van der Waals surface area contributed by atoms with Gasteiger partial charge in [-0.1, -0.05) is 27.5 Å². The second-order valence-electron chi connectivity index (χ2n) is 3.69. The number of carbonyl (C=O) groups excluding carboxylic acids is 1. The minimum atomic E-state index is -3.79. The number of benzene rings is 1. The van der Waals surface area contributed by atoms with E-state index in [-0.39, 0.29) is 22.4 Å². The number of likely N-dealkylation sites (N-methyl/N-ethyl adjacent to an activating group) is 1. The van der Waals surface area contributed by atoms with Crippen molar-refractivity contribution in [2.24, 2.45) is 0 Å². The van der Waals surface area contributed by atoms with Crippen LogP contribution in [-0.2, 0) is 14.8 Å². The van der Waals surface area contributed by atoms with Crippen LogP contribution >= 0.6 is 27.5 Å². The Balaban J connectivity index is 2.90. The third-order valence-corrected chi connectivity index (χ3v) is 4.47. The molecule has 1 N–H and O–H groups in total. The Labute approximate surface area is 119 Å². The number of amides is 1. The summed E-state index contributed by atoms with van der Waals surface area (Å²) in [6, 6.07) is 4.41. The second-order valence-corrected chi connectivity index (χ2v) is 6.75. The van der Waals surface area contributed by atoms with Gasteiger partial charge in [0.25, 0.3) is 0 Å². The average Bonchev–Trinajstić information content (AvgIpc) is 2.25. The molecule has 0 saturated heterocycles. The molecule has 5 nitrogen and oxygen atoms in total. The maximum Gasteiger partial charge on any atom is 0.242 e. The molecule has 100 valence electrons. The topological polar surface area (TPSA) is 66.5 Å². The standard InChI is InChI=1S/C10H12BrClN2O3S/c1-14(2)10(15)6-13-18(16,17)9-4-3-7(11)5-8(9)12/h3-5,13H,6H2,1-2H3. The lowest BCUT2D eigenvalue weighted by atomic mass is 10.4. The molecule has 1 aromatic rings. The highest BCUT2D eigenvalue weighted by Crippen LogP contribution is 2.24. The zero-order valence-electron chi connectivity index (χ0n) is 9.78. The molecule has 18 heavy (non-hydrogen) atoms. The lowest BCUT2D eigenvalue weighted by Gasteiger charge is -2.12. The SMILES string of the molecule is CN(C)C(=O)CNS(=O)(=O)c1ccc(Br)cc1Cl. The Bertz CT molecular complexity index is 560. The van der Waals surface area contributed by atoms with Crippen LogP contribution in [0.3, 0.4) is 0 Å². The van der Waals surface area contributed by atoms with E-state index in [1.807, 2.05) is 0 Å². The van der Waals surface area contributed by atoms with E-state index in [1.165, 1.54) is 17.0 Å². The summed E-state index contributed by atoms with van der Waals surface area (Å²) in [6.45, 7) is -0.304. The van der Waals surface area contributed by atoms with E-state index in [1.54, 1.807) is 20.2 Å². The van der Waals surface area contributed by atoms with E-state index >= 15 is 0 Å². The molecule has 0 spiro atoms. The third kappa shape index (κ3) is 3.94. The van der Waals surface area contributed by atoms with Crippen molar-refractivity contribution in [2.75, 3.05) is 20.6 Å². The Morgan fingerprint density at radius 3 is 2.56 bits per heavy atom. The molecule has 1 rings (SSSR count). The molecule has 0 saturated carbocycles. The molecule has 0 aromatic heterocycles. The summed E-state index contributed by atoms with van der Waals surface area (Å²) >= 11 is 9.03. The number of rotatable bonds is 4. The van der Waals surface area contributed by atoms with Gasteiger partial charge in [-0.05, 0) is 18.2 Å². The predicted molar refractivity (Wildman–Crippen MR) is 73.0 cm³/mol. The van der Waals surface area contributed by atoms with Crippen molar-refractivity contribution < 1.29 is 13.2 Å². The molecular weight excluding hydrogens is 344 g/mol. The first-order chi connectivity index (χ1) is 8.24. The van der Waals surface area contributed by atoms with Gasteiger partial charge in [-0.15, -0.1) is 0 Å². The molecule has 1 aromatic carbocycles. The first-order valence-electron chi connectivity index (χ1n) is 4.89. The summed E-state index contributed by atoms with van der Waals surface area (Å²) in [5.74, 6) is -0.341. The Morgan fingerprint density at radius 1 is 1.44 bits per heavy atom. The zero-order chi connectivity index (χ0) is 13.9. The molecule has 0 atom stereocenters. The van der Waals surface area contributed by atoms with E-state index in [9.17, 15) is 13.2 Å². The molecule has 0 aliphatic carbocycles. The zero-order valence-corrected chi connectivity index (χ0v) is 12.9. The van der Waals surface area contributed by atoms with Crippen LogP contribution in [0.2, 0.25) is 5.02 Å². The number of hydrogen-bond acceptors (Lipinski definition) is 3. The average molecular weight is 356 g/mol. The van der Waals surface area contributed by atoms with Crippen molar-refractivity contribution in [3.63, 3.8) is 0 Å². The van der Waals surface area contributed by atoms with Gasteiger partial charge in [-0.25, -0.2) is 13.1 Å². The Morgan fingerprint density at radius 2 is 2.06 bits per heavy atom. The maximum atomic E-state index is 11.9. The number of nitrogens with one attached hydrogen (secondary N) is 1. The first kappa shape index (κ1) is 15.4. The van der Waals surface area contributed by atoms with Gasteiger partial charge in [0.15, 0.2) is 0 Å². The molecule has 8 heteroatoms. The van der Waals surface area contributed by atoms with Gasteiger partial charge < -0.3 is 4.90 Å². The molecule has 0 fully saturated rings. The summed E-state index contributed by atoms with van der Waals surface area (Å²) in [6.07, 6.45) is 0. The van der Waals surface area contributed by atoms with Crippen molar-refractivity contribution in [3.05, 3.63) is 27.7 Å². The van der Waals surface area contributed by atoms with Gasteiger partial charge in [0.05, 0.1) is 11.6 Å². The molecular formula is C10H12BrClN2O3S. The smallest absolute Gasteiger partial charge is 0.242 e. The molecule has 0 heterocycles. The number of nitrogens with zero attached hydrogens (tertiary/aromatic N) is 1. The quantitative estimate of drug-likeness (QED) is 0.889. The minimum absolute atomic E-state index is 0.0566. The van der Waals surface area contributed by atoms with Gasteiger partial charge in [0, 0.05) is 18.6 Å². The Hall–Kier alpha value is -0.630. The van der Waals surface area contributed by atoms with Gasteiger partial charge in [-0.2, -0.15) is 0 Å². The highest BCUT2D eigenvalue weighted by Gasteiger charge is 2.19. The summed E-state index contributed by atoms with van der Waals surface area (Å²) in [4.78, 5) is 12.6. The Kier molecular flexibility index (Phi) is 5.15. The normalized spacial score (nSPS) is 11.3. The summed E-state index contributed by atoms with van der Waals surface area (Å²) in [5.41, 5.74) is 0. The van der Waals surface area contributed by atoms with Gasteiger partial charge in [0.1, 0.15) is 4.90 Å². The van der Waals surface area contributed by atoms with E-state index < -0.39 is 10.0 Å². The summed E-state index contributed by atoms with van der Waals surface area (Å²) in [5, 5.41) is 0.0918. The van der Waals surface area contributed by atoms with Gasteiger partial charge in [-0.3, -0.25) is 4.79 Å². The number of hydrogen-bond donors (Lipinski definition) is 1. The highest BCUT2D eigenvalue weighted by atomic mass is 79.9. The third-order valence-electron chi connectivity index (χ3n) is 2.10. The van der Waals surface area contributed by atoms with Crippen LogP contribution < -0.4 is 4.72 Å². The lowest BCUT2D eigenvalue weighted by Crippen LogP contribution is -2.36. The second kappa shape index (κ2) is 6.01. The van der Waals surface area contributed by atoms with E-state index in [0.717, 1.165) is 0 Å². The molecule has 0 aliphatic heterocycles. The fraction of sp³-hybridized carbons (Fsp3) is 0.300. The minimum Gasteiger partial charge on any atom is -0.348 e. The molecule has 0 aliphatic rings. The van der Waals surface area contributed by atoms with Gasteiger partial charge >= 0.3 is 0 Å². The number of carbonyl (C=O) groups is 1. The van der Waals surface area contributed by atoms with Crippen molar-refractivity contribution in [1.29, 1.82) is 0 Å². The molecule has 0 radical (unpaired) electrons. The summed E-state index contributed by atoms with van der Waals surface area (Å²) < 4.78 is 26.7. The van der Waals surface area contributed by atoms with Crippen LogP contribution in [-0.4, -0.2) is 39.9 Å². The number of sulfonamides is 1. The van der Waals surface area contributed by atoms with E-state index in [0.29, 0.717) is 4.47 Å². The van der Waals surface area contributed by atoms with Crippen molar-refractivity contribution in [1.82, 2.24) is 9.62 Å². The highest BCUT2D eigenvalue weighted by molar-refractivity contribution is 9.10. The van der Waals surface area contributed by atoms with Crippen LogP contribution in [0.5, 0.6) is 0 Å². The largest absolute Gasteiger partial charge is 0.348 e. The predicted octanol–water partition coefficient (Wildman–Crippen LogP) is 1.47. The van der Waals surface area contributed by atoms with Crippen LogP contribution in [0.4, 0.5) is 0 Å². The van der Waals surface area contributed by atoms with E-state index in [2.05, 4.69) is 20.7 Å². The lowest BCUT2D eigenvalue weighted by molar-refractivity contribution is -0.127. The fourth-order valence-corrected chi connectivity index (χ4v) is 3.10. The fourth-order valence-electron chi connectivity index (χ4n) is 1.09. The molecule has 1 amide bonds. The summed E-state index contributed by atoms with van der Waals surface area (Å²) in [7, 11) is -0.697. The van der Waals surface area contributed by atoms with Crippen LogP contribution in [0.15, 0.2) is 27.6 Å². The van der Waals surface area contributed by atoms with E-state index in [4.69, 9.17) is 11.6 Å². The van der Waals surface area contributed by atoms with Crippen molar-refractivity contribution in [2.45, 2.75) is 4.90 Å². The van der Waals surface area contributed by atoms with Crippen LogP contribution in [0, 0.1) is 0 Å². The molecule has 0 unspecified atom stereocenters. The first-order valence-corrected chi connectivity index (χ1v) is 7.54. The van der Waals surface area contributed by atoms with Crippen LogP contribution in [0.25, 0.3) is 0 Å². The molecule has 0 bridgehead atoms. The monoisotopic (exact) mass is 354 g/mol. The maximum absolute atomic E-state index is 11.9. The number of halogens is 2. The van der Waals surface area contributed by atoms with Crippen molar-refractivity contribution >= 4 is 43.5 Å². The van der Waals surface area contributed by atoms with Gasteiger partial charge in [0.2, 0.25) is 15.9 Å². The van der Waals surface area contributed by atoms with Crippen molar-refractivity contribution in [3.8, 4) is 0 Å².